The lowest BCUT2D eigenvalue weighted by Gasteiger charge is -2.29. The molecule has 4 atom stereocenters. The predicted octanol–water partition coefficient (Wildman–Crippen LogP) is 2.83. The van der Waals surface area contributed by atoms with Crippen LogP contribution in [0, 0.1) is 0 Å². The van der Waals surface area contributed by atoms with Crippen LogP contribution >= 0.6 is 11.6 Å². The minimum Gasteiger partial charge on any atom is -0.394 e. The Hall–Kier alpha value is -2.30. The van der Waals surface area contributed by atoms with Gasteiger partial charge in [-0.05, 0) is 36.1 Å². The van der Waals surface area contributed by atoms with Crippen LogP contribution in [0.5, 0.6) is 0 Å². The molecule has 2 aromatic heterocycles. The molecule has 1 spiro atoms. The number of benzene rings is 1. The molecule has 1 aromatic carbocycles. The van der Waals surface area contributed by atoms with Crippen LogP contribution in [0.3, 0.4) is 0 Å². The van der Waals surface area contributed by atoms with Gasteiger partial charge in [0.05, 0.1) is 12.9 Å². The van der Waals surface area contributed by atoms with Crippen LogP contribution in [0.25, 0.3) is 11.2 Å². The fourth-order valence-corrected chi connectivity index (χ4v) is 6.17. The molecule has 1 saturated carbocycles. The van der Waals surface area contributed by atoms with Gasteiger partial charge < -0.3 is 25.0 Å². The average Bonchev–Trinajstić information content (AvgIpc) is 3.41. The third kappa shape index (κ3) is 3.33. The lowest BCUT2D eigenvalue weighted by molar-refractivity contribution is -0.0511. The fourth-order valence-electron chi connectivity index (χ4n) is 6.01. The Kier molecular flexibility index (Phi) is 5.50. The Morgan fingerprint density at radius 1 is 1.06 bits per heavy atom. The van der Waals surface area contributed by atoms with Gasteiger partial charge in [-0.15, -0.1) is 0 Å². The topological polar surface area (TPSA) is 117 Å². The van der Waals surface area contributed by atoms with Crippen LogP contribution in [-0.4, -0.2) is 66.3 Å². The summed E-state index contributed by atoms with van der Waals surface area (Å²) in [5, 5.41) is 30.3. The number of aliphatic hydroxyl groups is 3. The SMILES string of the molecule is OC[C@H]1O[C@@H](n2cnc3c(N4CC5(CCCCCC5)c5ccccc54)nc(Cl)nc32)C(O)C1O. The first-order valence-corrected chi connectivity index (χ1v) is 12.3. The summed E-state index contributed by atoms with van der Waals surface area (Å²) in [7, 11) is 0. The standard InChI is InChI=1S/C24H28ClN5O4/c25-23-27-20(17-21(28-23)30(13-26-17)22-19(33)18(32)16(11-31)34-22)29-12-24(9-5-1-2-6-10-24)14-7-3-4-8-15(14)29/h3-4,7-8,13,16,18-19,22,31-33H,1-2,5-6,9-12H2/t16-,18?,19?,22-/m1/s1. The highest BCUT2D eigenvalue weighted by molar-refractivity contribution is 6.28. The molecule has 0 amide bonds. The number of halogens is 1. The van der Waals surface area contributed by atoms with E-state index in [4.69, 9.17) is 16.3 Å². The summed E-state index contributed by atoms with van der Waals surface area (Å²) in [6, 6.07) is 8.51. The van der Waals surface area contributed by atoms with Crippen LogP contribution in [0.1, 0.15) is 50.3 Å². The summed E-state index contributed by atoms with van der Waals surface area (Å²) in [5.41, 5.74) is 3.49. The number of para-hydroxylation sites is 1. The van der Waals surface area contributed by atoms with Crippen molar-refractivity contribution in [3.8, 4) is 0 Å². The van der Waals surface area contributed by atoms with E-state index in [9.17, 15) is 15.3 Å². The number of fused-ring (bicyclic) bond motifs is 3. The van der Waals surface area contributed by atoms with Gasteiger partial charge in [-0.25, -0.2) is 4.98 Å². The molecule has 3 aromatic rings. The van der Waals surface area contributed by atoms with Crippen LogP contribution in [-0.2, 0) is 10.2 Å². The van der Waals surface area contributed by atoms with Gasteiger partial charge in [0.15, 0.2) is 23.2 Å². The van der Waals surface area contributed by atoms with Gasteiger partial charge in [0.1, 0.15) is 18.3 Å². The molecule has 0 bridgehead atoms. The van der Waals surface area contributed by atoms with Crippen molar-refractivity contribution in [1.82, 2.24) is 19.5 Å². The molecule has 4 heterocycles. The molecule has 0 radical (unpaired) electrons. The molecule has 10 heteroatoms. The molecule has 2 fully saturated rings. The van der Waals surface area contributed by atoms with E-state index in [1.54, 1.807) is 4.57 Å². The molecular formula is C24H28ClN5O4. The number of hydrogen-bond donors (Lipinski definition) is 3. The van der Waals surface area contributed by atoms with Crippen LogP contribution in [0.4, 0.5) is 11.5 Å². The van der Waals surface area contributed by atoms with Crippen LogP contribution in [0.2, 0.25) is 5.28 Å². The summed E-state index contributed by atoms with van der Waals surface area (Å²) in [6.07, 6.45) is 4.44. The van der Waals surface area contributed by atoms with Crippen LogP contribution < -0.4 is 4.90 Å². The zero-order valence-electron chi connectivity index (χ0n) is 18.7. The molecule has 1 saturated heterocycles. The second-order valence-corrected chi connectivity index (χ2v) is 10.0. The number of imidazole rings is 1. The Balaban J connectivity index is 1.45. The number of rotatable bonds is 3. The van der Waals surface area contributed by atoms with Gasteiger partial charge in [0.2, 0.25) is 5.28 Å². The molecule has 6 rings (SSSR count). The molecule has 1 aliphatic carbocycles. The quantitative estimate of drug-likeness (QED) is 0.485. The molecule has 2 aliphatic heterocycles. The number of aliphatic hydroxyl groups excluding tert-OH is 3. The van der Waals surface area contributed by atoms with Crippen molar-refractivity contribution in [3.63, 3.8) is 0 Å². The highest BCUT2D eigenvalue weighted by atomic mass is 35.5. The number of aromatic nitrogens is 4. The third-order valence-electron chi connectivity index (χ3n) is 7.71. The van der Waals surface area contributed by atoms with Gasteiger partial charge in [-0.1, -0.05) is 43.9 Å². The number of anilines is 2. The first-order valence-electron chi connectivity index (χ1n) is 11.9. The lowest BCUT2D eigenvalue weighted by Crippen LogP contribution is -2.33. The van der Waals surface area contributed by atoms with Crippen LogP contribution in [0.15, 0.2) is 30.6 Å². The Morgan fingerprint density at radius 3 is 2.56 bits per heavy atom. The largest absolute Gasteiger partial charge is 0.394 e. The molecule has 2 unspecified atom stereocenters. The number of hydrogen-bond acceptors (Lipinski definition) is 8. The first kappa shape index (κ1) is 22.2. The highest BCUT2D eigenvalue weighted by Gasteiger charge is 2.46. The summed E-state index contributed by atoms with van der Waals surface area (Å²) in [4.78, 5) is 15.8. The minimum atomic E-state index is -1.24. The van der Waals surface area contributed by atoms with E-state index in [2.05, 4.69) is 38.1 Å². The van der Waals surface area contributed by atoms with Crippen molar-refractivity contribution in [1.29, 1.82) is 0 Å². The molecular weight excluding hydrogens is 458 g/mol. The van der Waals surface area contributed by atoms with E-state index in [1.165, 1.54) is 37.6 Å². The van der Waals surface area contributed by atoms with E-state index in [1.807, 2.05) is 6.07 Å². The van der Waals surface area contributed by atoms with Crippen molar-refractivity contribution in [2.45, 2.75) is 68.5 Å². The Morgan fingerprint density at radius 2 is 1.82 bits per heavy atom. The van der Waals surface area contributed by atoms with Gasteiger partial charge in [-0.2, -0.15) is 9.97 Å². The second-order valence-electron chi connectivity index (χ2n) is 9.67. The van der Waals surface area contributed by atoms with E-state index < -0.39 is 31.1 Å². The molecule has 180 valence electrons. The molecule has 3 aliphatic rings. The van der Waals surface area contributed by atoms with E-state index in [-0.39, 0.29) is 10.7 Å². The summed E-state index contributed by atoms with van der Waals surface area (Å²) < 4.78 is 7.26. The first-order chi connectivity index (χ1) is 16.5. The van der Waals surface area contributed by atoms with E-state index >= 15 is 0 Å². The maximum Gasteiger partial charge on any atom is 0.226 e. The molecule has 9 nitrogen and oxygen atoms in total. The molecule has 3 N–H and O–H groups in total. The summed E-state index contributed by atoms with van der Waals surface area (Å²) in [5.74, 6) is 0.620. The van der Waals surface area contributed by atoms with Crippen molar-refractivity contribution in [2.75, 3.05) is 18.1 Å². The third-order valence-corrected chi connectivity index (χ3v) is 7.88. The van der Waals surface area contributed by atoms with Crippen molar-refractivity contribution in [2.24, 2.45) is 0 Å². The number of ether oxygens (including phenoxy) is 1. The Labute approximate surface area is 202 Å². The van der Waals surface area contributed by atoms with E-state index in [0.717, 1.165) is 25.1 Å². The predicted molar refractivity (Wildman–Crippen MR) is 126 cm³/mol. The smallest absolute Gasteiger partial charge is 0.226 e. The zero-order valence-corrected chi connectivity index (χ0v) is 19.5. The number of nitrogens with zero attached hydrogens (tertiary/aromatic N) is 5. The van der Waals surface area contributed by atoms with Gasteiger partial charge in [0, 0.05) is 17.6 Å². The van der Waals surface area contributed by atoms with Gasteiger partial charge >= 0.3 is 0 Å². The highest BCUT2D eigenvalue weighted by Crippen LogP contribution is 2.51. The maximum atomic E-state index is 10.5. The average molecular weight is 486 g/mol. The summed E-state index contributed by atoms with van der Waals surface area (Å²) >= 11 is 6.41. The fraction of sp³-hybridized carbons (Fsp3) is 0.542. The summed E-state index contributed by atoms with van der Waals surface area (Å²) in [6.45, 7) is 0.393. The second kappa shape index (κ2) is 8.42. The van der Waals surface area contributed by atoms with Crippen molar-refractivity contribution < 1.29 is 20.1 Å². The zero-order chi connectivity index (χ0) is 23.4. The van der Waals surface area contributed by atoms with Crippen molar-refractivity contribution in [3.05, 3.63) is 41.4 Å². The van der Waals surface area contributed by atoms with Gasteiger partial charge in [-0.3, -0.25) is 4.57 Å². The minimum absolute atomic E-state index is 0.0651. The lowest BCUT2D eigenvalue weighted by atomic mass is 9.76. The van der Waals surface area contributed by atoms with E-state index in [0.29, 0.717) is 17.0 Å². The normalized spacial score (nSPS) is 28.5. The maximum absolute atomic E-state index is 10.5. The molecule has 34 heavy (non-hydrogen) atoms. The Bertz CT molecular complexity index is 1210. The van der Waals surface area contributed by atoms with Gasteiger partial charge in [0.25, 0.3) is 0 Å². The van der Waals surface area contributed by atoms with Crippen molar-refractivity contribution >= 4 is 34.3 Å². The monoisotopic (exact) mass is 485 g/mol.